The molecule has 0 spiro atoms. The first-order valence-corrected chi connectivity index (χ1v) is 7.38. The van der Waals surface area contributed by atoms with Crippen LogP contribution in [0.5, 0.6) is 0 Å². The minimum atomic E-state index is -0.511. The molecule has 0 aromatic heterocycles. The minimum Gasteiger partial charge on any atom is -0.395 e. The number of nitrogens with zero attached hydrogens (tertiary/aromatic N) is 1. The molecular weight excluding hydrogens is 278 g/mol. The van der Waals surface area contributed by atoms with E-state index in [0.29, 0.717) is 18.7 Å². The van der Waals surface area contributed by atoms with Crippen LogP contribution >= 0.6 is 0 Å². The lowest BCUT2D eigenvalue weighted by atomic mass is 9.96. The summed E-state index contributed by atoms with van der Waals surface area (Å²) in [4.78, 5) is 14.7. The van der Waals surface area contributed by atoms with Gasteiger partial charge in [-0.15, -0.1) is 0 Å². The highest BCUT2D eigenvalue weighted by Crippen LogP contribution is 2.25. The van der Waals surface area contributed by atoms with E-state index in [4.69, 9.17) is 0 Å². The van der Waals surface area contributed by atoms with Crippen LogP contribution in [0.2, 0.25) is 0 Å². The molecule has 2 aromatic rings. The second kappa shape index (κ2) is 8.44. The standard InChI is InChI=1S/C18H21NO3/c20-13-11-19(12-14-21)17(15-7-3-1-4-8-15)18(22)16-9-5-2-6-10-16/h1-10,17,20-21H,11-14H2/t17-/m0/s1. The van der Waals surface area contributed by atoms with E-state index in [2.05, 4.69) is 0 Å². The van der Waals surface area contributed by atoms with Crippen molar-refractivity contribution < 1.29 is 15.0 Å². The number of carbonyl (C=O) groups excluding carboxylic acids is 1. The third-order valence-corrected chi connectivity index (χ3v) is 3.56. The summed E-state index contributed by atoms with van der Waals surface area (Å²) < 4.78 is 0. The summed E-state index contributed by atoms with van der Waals surface area (Å²) in [6, 6.07) is 18.1. The number of hydrogen-bond acceptors (Lipinski definition) is 4. The Morgan fingerprint density at radius 3 is 1.86 bits per heavy atom. The lowest BCUT2D eigenvalue weighted by Crippen LogP contribution is -2.38. The van der Waals surface area contributed by atoms with Crippen LogP contribution < -0.4 is 0 Å². The quantitative estimate of drug-likeness (QED) is 0.731. The Labute approximate surface area is 130 Å². The molecule has 2 aromatic carbocycles. The lowest BCUT2D eigenvalue weighted by Gasteiger charge is -2.30. The summed E-state index contributed by atoms with van der Waals surface area (Å²) in [6.07, 6.45) is 0. The molecule has 22 heavy (non-hydrogen) atoms. The third-order valence-electron chi connectivity index (χ3n) is 3.56. The molecule has 0 aliphatic heterocycles. The summed E-state index contributed by atoms with van der Waals surface area (Å²) in [5.74, 6) is -0.0336. The fourth-order valence-electron chi connectivity index (χ4n) is 2.55. The number of carbonyl (C=O) groups is 1. The molecule has 0 unspecified atom stereocenters. The Hall–Kier alpha value is -2.01. The molecule has 4 heteroatoms. The monoisotopic (exact) mass is 299 g/mol. The van der Waals surface area contributed by atoms with Gasteiger partial charge < -0.3 is 10.2 Å². The van der Waals surface area contributed by atoms with Crippen molar-refractivity contribution in [3.8, 4) is 0 Å². The Morgan fingerprint density at radius 1 is 0.864 bits per heavy atom. The van der Waals surface area contributed by atoms with Gasteiger partial charge in [-0.25, -0.2) is 0 Å². The molecule has 0 aliphatic carbocycles. The zero-order valence-corrected chi connectivity index (χ0v) is 12.4. The van der Waals surface area contributed by atoms with Gasteiger partial charge >= 0.3 is 0 Å². The molecule has 0 amide bonds. The first-order chi connectivity index (χ1) is 10.8. The Morgan fingerprint density at radius 2 is 1.36 bits per heavy atom. The number of hydrogen-bond donors (Lipinski definition) is 2. The molecule has 2 N–H and O–H groups in total. The van der Waals surface area contributed by atoms with Crippen molar-refractivity contribution in [3.63, 3.8) is 0 Å². The molecule has 0 aliphatic rings. The van der Waals surface area contributed by atoms with Crippen LogP contribution in [0, 0.1) is 0 Å². The summed E-state index contributed by atoms with van der Waals surface area (Å²) in [6.45, 7) is 0.536. The van der Waals surface area contributed by atoms with E-state index >= 15 is 0 Å². The summed E-state index contributed by atoms with van der Waals surface area (Å²) in [5, 5.41) is 18.6. The summed E-state index contributed by atoms with van der Waals surface area (Å²) >= 11 is 0. The van der Waals surface area contributed by atoms with Crippen LogP contribution in [0.4, 0.5) is 0 Å². The Balaban J connectivity index is 2.38. The van der Waals surface area contributed by atoms with Crippen LogP contribution in [-0.4, -0.2) is 47.2 Å². The van der Waals surface area contributed by atoms with Crippen molar-refractivity contribution in [1.82, 2.24) is 4.90 Å². The van der Waals surface area contributed by atoms with Crippen molar-refractivity contribution in [2.24, 2.45) is 0 Å². The van der Waals surface area contributed by atoms with Gasteiger partial charge in [0, 0.05) is 18.7 Å². The first kappa shape index (κ1) is 16.4. The molecule has 2 rings (SSSR count). The number of ketones is 1. The second-order valence-electron chi connectivity index (χ2n) is 5.03. The van der Waals surface area contributed by atoms with Gasteiger partial charge in [0.25, 0.3) is 0 Å². The van der Waals surface area contributed by atoms with E-state index in [0.717, 1.165) is 5.56 Å². The molecule has 0 saturated heterocycles. The molecule has 0 fully saturated rings. The predicted molar refractivity (Wildman–Crippen MR) is 85.7 cm³/mol. The van der Waals surface area contributed by atoms with Crippen molar-refractivity contribution in [2.75, 3.05) is 26.3 Å². The van der Waals surface area contributed by atoms with E-state index in [1.165, 1.54) is 0 Å². The maximum Gasteiger partial charge on any atom is 0.184 e. The van der Waals surface area contributed by atoms with E-state index in [1.54, 1.807) is 12.1 Å². The van der Waals surface area contributed by atoms with Crippen molar-refractivity contribution >= 4 is 5.78 Å². The van der Waals surface area contributed by atoms with Gasteiger partial charge in [-0.1, -0.05) is 60.7 Å². The Bertz CT molecular complexity index is 565. The topological polar surface area (TPSA) is 60.8 Å². The van der Waals surface area contributed by atoms with Gasteiger partial charge in [0.05, 0.1) is 19.3 Å². The molecule has 4 nitrogen and oxygen atoms in total. The van der Waals surface area contributed by atoms with Gasteiger partial charge in [-0.2, -0.15) is 0 Å². The summed E-state index contributed by atoms with van der Waals surface area (Å²) in [5.41, 5.74) is 1.48. The number of aliphatic hydroxyl groups excluding tert-OH is 2. The van der Waals surface area contributed by atoms with Crippen LogP contribution in [-0.2, 0) is 0 Å². The third kappa shape index (κ3) is 4.01. The first-order valence-electron chi connectivity index (χ1n) is 7.38. The van der Waals surface area contributed by atoms with Crippen LogP contribution in [0.15, 0.2) is 60.7 Å². The highest BCUT2D eigenvalue weighted by Gasteiger charge is 2.27. The van der Waals surface area contributed by atoms with Crippen molar-refractivity contribution in [2.45, 2.75) is 6.04 Å². The van der Waals surface area contributed by atoms with Crippen molar-refractivity contribution in [3.05, 3.63) is 71.8 Å². The molecule has 116 valence electrons. The maximum atomic E-state index is 12.9. The van der Waals surface area contributed by atoms with E-state index in [-0.39, 0.29) is 19.0 Å². The van der Waals surface area contributed by atoms with Crippen molar-refractivity contribution in [1.29, 1.82) is 0 Å². The second-order valence-corrected chi connectivity index (χ2v) is 5.03. The molecule has 0 saturated carbocycles. The van der Waals surface area contributed by atoms with E-state index < -0.39 is 6.04 Å². The molecule has 0 radical (unpaired) electrons. The van der Waals surface area contributed by atoms with Gasteiger partial charge in [-0.3, -0.25) is 9.69 Å². The SMILES string of the molecule is O=C(c1ccccc1)[C@H](c1ccccc1)N(CCO)CCO. The van der Waals surface area contributed by atoms with Crippen LogP contribution in [0.1, 0.15) is 22.0 Å². The van der Waals surface area contributed by atoms with Crippen LogP contribution in [0.3, 0.4) is 0 Å². The van der Waals surface area contributed by atoms with Gasteiger partial charge in [-0.05, 0) is 5.56 Å². The van der Waals surface area contributed by atoms with E-state index in [1.807, 2.05) is 53.4 Å². The minimum absolute atomic E-state index is 0.0336. The highest BCUT2D eigenvalue weighted by molar-refractivity contribution is 6.00. The molecule has 0 heterocycles. The number of aliphatic hydroxyl groups is 2. The fourth-order valence-corrected chi connectivity index (χ4v) is 2.55. The van der Waals surface area contributed by atoms with Gasteiger partial charge in [0.15, 0.2) is 5.78 Å². The van der Waals surface area contributed by atoms with E-state index in [9.17, 15) is 15.0 Å². The Kier molecular flexibility index (Phi) is 6.27. The largest absolute Gasteiger partial charge is 0.395 e. The zero-order valence-electron chi connectivity index (χ0n) is 12.4. The smallest absolute Gasteiger partial charge is 0.184 e. The summed E-state index contributed by atoms with van der Waals surface area (Å²) in [7, 11) is 0. The van der Waals surface area contributed by atoms with Gasteiger partial charge in [0.2, 0.25) is 0 Å². The molecule has 1 atom stereocenters. The fraction of sp³-hybridized carbons (Fsp3) is 0.278. The average molecular weight is 299 g/mol. The number of benzene rings is 2. The zero-order chi connectivity index (χ0) is 15.8. The normalized spacial score (nSPS) is 12.3. The molecule has 0 bridgehead atoms. The predicted octanol–water partition coefficient (Wildman–Crippen LogP) is 1.90. The lowest BCUT2D eigenvalue weighted by molar-refractivity contribution is 0.0739. The molecular formula is C18H21NO3. The van der Waals surface area contributed by atoms with Gasteiger partial charge in [0.1, 0.15) is 0 Å². The average Bonchev–Trinajstić information content (AvgIpc) is 2.57. The number of rotatable bonds is 8. The highest BCUT2D eigenvalue weighted by atomic mass is 16.3. The number of Topliss-reactive ketones (excluding diaryl/α,β-unsaturated/α-hetero) is 1. The van der Waals surface area contributed by atoms with Crippen LogP contribution in [0.25, 0.3) is 0 Å². The maximum absolute atomic E-state index is 12.9.